The van der Waals surface area contributed by atoms with Gasteiger partial charge < -0.3 is 15.5 Å². The van der Waals surface area contributed by atoms with Crippen LogP contribution in [0.5, 0.6) is 0 Å². The molecule has 104 valence electrons. The molecule has 3 heterocycles. The zero-order valence-electron chi connectivity index (χ0n) is 11.0. The van der Waals surface area contributed by atoms with E-state index < -0.39 is 0 Å². The highest BCUT2D eigenvalue weighted by Gasteiger charge is 2.16. The minimum Gasteiger partial charge on any atom is -0.409 e. The number of amidine groups is 1. The van der Waals surface area contributed by atoms with Crippen LogP contribution in [-0.4, -0.2) is 37.0 Å². The molecule has 0 aromatic carbocycles. The first-order valence-corrected chi connectivity index (χ1v) is 6.41. The van der Waals surface area contributed by atoms with Crippen LogP contribution in [0, 0.1) is 0 Å². The average molecular weight is 272 g/mol. The lowest BCUT2D eigenvalue weighted by Crippen LogP contribution is -2.33. The van der Waals surface area contributed by atoms with Crippen LogP contribution >= 0.6 is 0 Å². The van der Waals surface area contributed by atoms with E-state index in [1.807, 2.05) is 24.5 Å². The molecule has 2 aromatic heterocycles. The van der Waals surface area contributed by atoms with Gasteiger partial charge in [-0.25, -0.2) is 4.98 Å². The molecular formula is C13H16N6O. The van der Waals surface area contributed by atoms with Crippen molar-refractivity contribution in [2.75, 3.05) is 6.54 Å². The summed E-state index contributed by atoms with van der Waals surface area (Å²) in [6.45, 7) is 3.55. The Kier molecular flexibility index (Phi) is 3.34. The van der Waals surface area contributed by atoms with Crippen molar-refractivity contribution < 1.29 is 5.21 Å². The molecule has 0 bridgehead atoms. The number of fused-ring (bicyclic) bond motifs is 1. The van der Waals surface area contributed by atoms with E-state index in [1.54, 1.807) is 6.20 Å². The summed E-state index contributed by atoms with van der Waals surface area (Å²) in [4.78, 5) is 10.7. The number of nitrogens with two attached hydrogens (primary N) is 1. The molecule has 0 saturated heterocycles. The van der Waals surface area contributed by atoms with Crippen LogP contribution in [0.15, 0.2) is 35.9 Å². The summed E-state index contributed by atoms with van der Waals surface area (Å²) in [5.41, 5.74) is 7.13. The van der Waals surface area contributed by atoms with Gasteiger partial charge in [0, 0.05) is 38.2 Å². The fourth-order valence-electron chi connectivity index (χ4n) is 2.38. The molecule has 7 heteroatoms. The Morgan fingerprint density at radius 1 is 1.35 bits per heavy atom. The summed E-state index contributed by atoms with van der Waals surface area (Å²) in [6, 6.07) is 3.78. The van der Waals surface area contributed by atoms with Gasteiger partial charge in [0.15, 0.2) is 5.84 Å². The summed E-state index contributed by atoms with van der Waals surface area (Å²) in [6.07, 6.45) is 5.52. The van der Waals surface area contributed by atoms with E-state index in [0.29, 0.717) is 5.69 Å². The molecule has 7 nitrogen and oxygen atoms in total. The zero-order valence-corrected chi connectivity index (χ0v) is 11.0. The quantitative estimate of drug-likeness (QED) is 0.365. The van der Waals surface area contributed by atoms with Crippen LogP contribution in [0.2, 0.25) is 0 Å². The van der Waals surface area contributed by atoms with E-state index in [1.165, 1.54) is 0 Å². The highest BCUT2D eigenvalue weighted by molar-refractivity contribution is 5.95. The summed E-state index contributed by atoms with van der Waals surface area (Å²) in [5.74, 6) is 1.11. The second-order valence-corrected chi connectivity index (χ2v) is 4.78. The number of hydrogen-bond acceptors (Lipinski definition) is 5. The SMILES string of the molecule is NC(=NO)c1cc(CN2CCn3ccnc3C2)ccn1. The Labute approximate surface area is 116 Å². The molecule has 1 aliphatic rings. The molecular weight excluding hydrogens is 256 g/mol. The normalized spacial score (nSPS) is 16.1. The second kappa shape index (κ2) is 5.30. The average Bonchev–Trinajstić information content (AvgIpc) is 2.94. The molecule has 2 aromatic rings. The molecule has 0 amide bonds. The van der Waals surface area contributed by atoms with Gasteiger partial charge in [-0.3, -0.25) is 9.88 Å². The van der Waals surface area contributed by atoms with Crippen LogP contribution < -0.4 is 5.73 Å². The Morgan fingerprint density at radius 3 is 3.10 bits per heavy atom. The fraction of sp³-hybridized carbons (Fsp3) is 0.308. The largest absolute Gasteiger partial charge is 0.409 e. The van der Waals surface area contributed by atoms with Gasteiger partial charge in [0.05, 0.1) is 6.54 Å². The lowest BCUT2D eigenvalue weighted by molar-refractivity contribution is 0.209. The zero-order chi connectivity index (χ0) is 13.9. The number of rotatable bonds is 3. The van der Waals surface area contributed by atoms with E-state index in [-0.39, 0.29) is 5.84 Å². The van der Waals surface area contributed by atoms with Crippen molar-refractivity contribution in [3.05, 3.63) is 47.8 Å². The minimum absolute atomic E-state index is 0.0287. The maximum Gasteiger partial charge on any atom is 0.188 e. The maximum absolute atomic E-state index is 8.69. The van der Waals surface area contributed by atoms with E-state index in [0.717, 1.165) is 37.6 Å². The lowest BCUT2D eigenvalue weighted by Gasteiger charge is -2.27. The fourth-order valence-corrected chi connectivity index (χ4v) is 2.38. The van der Waals surface area contributed by atoms with Gasteiger partial charge in [0.1, 0.15) is 11.5 Å². The number of hydrogen-bond donors (Lipinski definition) is 2. The van der Waals surface area contributed by atoms with Crippen molar-refractivity contribution in [2.45, 2.75) is 19.6 Å². The van der Waals surface area contributed by atoms with Gasteiger partial charge in [-0.15, -0.1) is 0 Å². The third-order valence-corrected chi connectivity index (χ3v) is 3.42. The Bertz CT molecular complexity index is 635. The van der Waals surface area contributed by atoms with Crippen LogP contribution in [0.1, 0.15) is 17.1 Å². The predicted molar refractivity (Wildman–Crippen MR) is 73.1 cm³/mol. The van der Waals surface area contributed by atoms with Crippen LogP contribution in [0.4, 0.5) is 0 Å². The van der Waals surface area contributed by atoms with E-state index in [2.05, 4.69) is 24.6 Å². The summed E-state index contributed by atoms with van der Waals surface area (Å²) in [5, 5.41) is 11.7. The lowest BCUT2D eigenvalue weighted by atomic mass is 10.2. The molecule has 0 spiro atoms. The molecule has 0 atom stereocenters. The number of imidazole rings is 1. The predicted octanol–water partition coefficient (Wildman–Crippen LogP) is 0.388. The van der Waals surface area contributed by atoms with Crippen molar-refractivity contribution in [2.24, 2.45) is 10.9 Å². The number of pyridine rings is 1. The van der Waals surface area contributed by atoms with Crippen molar-refractivity contribution in [3.8, 4) is 0 Å². The molecule has 0 unspecified atom stereocenters. The summed E-state index contributed by atoms with van der Waals surface area (Å²) in [7, 11) is 0. The molecule has 0 radical (unpaired) electrons. The molecule has 3 N–H and O–H groups in total. The smallest absolute Gasteiger partial charge is 0.188 e. The van der Waals surface area contributed by atoms with Gasteiger partial charge in [-0.1, -0.05) is 5.16 Å². The molecule has 20 heavy (non-hydrogen) atoms. The molecule has 0 saturated carbocycles. The number of oxime groups is 1. The van der Waals surface area contributed by atoms with Crippen molar-refractivity contribution in [3.63, 3.8) is 0 Å². The topological polar surface area (TPSA) is 92.6 Å². The molecule has 3 rings (SSSR count). The van der Waals surface area contributed by atoms with E-state index in [4.69, 9.17) is 10.9 Å². The number of nitrogens with zero attached hydrogens (tertiary/aromatic N) is 5. The standard InChI is InChI=1S/C13H16N6O/c14-13(17-20)11-7-10(1-2-15-11)8-18-5-6-19-4-3-16-12(19)9-18/h1-4,7,20H,5-6,8-9H2,(H2,14,17). The van der Waals surface area contributed by atoms with Crippen molar-refractivity contribution in [1.29, 1.82) is 0 Å². The minimum atomic E-state index is 0.0287. The van der Waals surface area contributed by atoms with Crippen LogP contribution in [0.3, 0.4) is 0 Å². The Balaban J connectivity index is 1.73. The van der Waals surface area contributed by atoms with Crippen molar-refractivity contribution >= 4 is 5.84 Å². The van der Waals surface area contributed by atoms with Gasteiger partial charge in [0.2, 0.25) is 0 Å². The first kappa shape index (κ1) is 12.6. The highest BCUT2D eigenvalue weighted by atomic mass is 16.4. The Morgan fingerprint density at radius 2 is 2.25 bits per heavy atom. The van der Waals surface area contributed by atoms with Crippen LogP contribution in [0.25, 0.3) is 0 Å². The Hall–Kier alpha value is -2.41. The maximum atomic E-state index is 8.69. The monoisotopic (exact) mass is 272 g/mol. The first-order valence-electron chi connectivity index (χ1n) is 6.41. The van der Waals surface area contributed by atoms with Crippen molar-refractivity contribution in [1.82, 2.24) is 19.4 Å². The summed E-state index contributed by atoms with van der Waals surface area (Å²) >= 11 is 0. The van der Waals surface area contributed by atoms with Crippen LogP contribution in [-0.2, 0) is 19.6 Å². The molecule has 0 aliphatic carbocycles. The third kappa shape index (κ3) is 2.48. The van der Waals surface area contributed by atoms with Gasteiger partial charge >= 0.3 is 0 Å². The van der Waals surface area contributed by atoms with E-state index >= 15 is 0 Å². The summed E-state index contributed by atoms with van der Waals surface area (Å²) < 4.78 is 2.17. The molecule has 1 aliphatic heterocycles. The first-order chi connectivity index (χ1) is 9.76. The van der Waals surface area contributed by atoms with E-state index in [9.17, 15) is 0 Å². The van der Waals surface area contributed by atoms with Gasteiger partial charge in [-0.2, -0.15) is 0 Å². The van der Waals surface area contributed by atoms with Gasteiger partial charge in [-0.05, 0) is 17.7 Å². The molecule has 0 fully saturated rings. The highest BCUT2D eigenvalue weighted by Crippen LogP contribution is 2.14. The van der Waals surface area contributed by atoms with Gasteiger partial charge in [0.25, 0.3) is 0 Å². The number of aromatic nitrogens is 3. The second-order valence-electron chi connectivity index (χ2n) is 4.78. The third-order valence-electron chi connectivity index (χ3n) is 3.42.